The van der Waals surface area contributed by atoms with Crippen LogP contribution in [-0.2, 0) is 0 Å². The molecule has 0 aliphatic rings. The number of nitrogens with zero attached hydrogens (tertiary/aromatic N) is 1. The highest BCUT2D eigenvalue weighted by Crippen LogP contribution is 2.27. The molecule has 4 heteroatoms. The number of rotatable bonds is 3. The van der Waals surface area contributed by atoms with Gasteiger partial charge in [-0.2, -0.15) is 0 Å². The monoisotopic (exact) mass is 328 g/mol. The van der Waals surface area contributed by atoms with Crippen LogP contribution in [0.15, 0.2) is 77.2 Å². The van der Waals surface area contributed by atoms with E-state index >= 15 is 0 Å². The molecule has 1 heterocycles. The molecule has 0 saturated carbocycles. The lowest BCUT2D eigenvalue weighted by Gasteiger charge is -2.06. The average Bonchev–Trinajstić information content (AvgIpc) is 3.08. The highest BCUT2D eigenvalue weighted by atomic mass is 16.3. The Labute approximate surface area is 145 Å². The SMILES string of the molecule is Cc1cccc2oc(-c3cccc(NC(=O)c4ccccc4)c3)nc12. The number of hydrogen-bond acceptors (Lipinski definition) is 3. The summed E-state index contributed by atoms with van der Waals surface area (Å²) in [5.74, 6) is 0.395. The van der Waals surface area contributed by atoms with Crippen molar-refractivity contribution in [2.24, 2.45) is 0 Å². The lowest BCUT2D eigenvalue weighted by Crippen LogP contribution is -2.11. The van der Waals surface area contributed by atoms with Crippen molar-refractivity contribution in [1.29, 1.82) is 0 Å². The number of nitrogens with one attached hydrogen (secondary N) is 1. The molecule has 0 saturated heterocycles. The molecule has 4 rings (SSSR count). The van der Waals surface area contributed by atoms with Gasteiger partial charge in [0, 0.05) is 16.8 Å². The van der Waals surface area contributed by atoms with Gasteiger partial charge in [-0.1, -0.05) is 36.4 Å². The number of para-hydroxylation sites is 1. The number of benzene rings is 3. The van der Waals surface area contributed by atoms with Crippen molar-refractivity contribution in [1.82, 2.24) is 4.98 Å². The molecule has 0 aliphatic heterocycles. The molecule has 0 radical (unpaired) electrons. The number of amides is 1. The van der Waals surface area contributed by atoms with E-state index in [1.54, 1.807) is 12.1 Å². The molecule has 0 aliphatic carbocycles. The second-order valence-corrected chi connectivity index (χ2v) is 5.84. The van der Waals surface area contributed by atoms with Crippen molar-refractivity contribution < 1.29 is 9.21 Å². The molecule has 4 nitrogen and oxygen atoms in total. The first-order chi connectivity index (χ1) is 12.2. The summed E-state index contributed by atoms with van der Waals surface area (Å²) in [6.07, 6.45) is 0. The zero-order chi connectivity index (χ0) is 17.2. The lowest BCUT2D eigenvalue weighted by atomic mass is 10.1. The number of carbonyl (C=O) groups excluding carboxylic acids is 1. The summed E-state index contributed by atoms with van der Waals surface area (Å²) in [7, 11) is 0. The van der Waals surface area contributed by atoms with Gasteiger partial charge in [0.25, 0.3) is 5.91 Å². The maximum Gasteiger partial charge on any atom is 0.255 e. The largest absolute Gasteiger partial charge is 0.436 e. The predicted molar refractivity (Wildman–Crippen MR) is 98.6 cm³/mol. The second kappa shape index (κ2) is 6.24. The Morgan fingerprint density at radius 3 is 2.56 bits per heavy atom. The minimum atomic E-state index is -0.147. The third-order valence-corrected chi connectivity index (χ3v) is 4.02. The van der Waals surface area contributed by atoms with E-state index in [0.717, 1.165) is 22.2 Å². The van der Waals surface area contributed by atoms with Crippen molar-refractivity contribution in [3.8, 4) is 11.5 Å². The van der Waals surface area contributed by atoms with Gasteiger partial charge in [0.2, 0.25) is 5.89 Å². The van der Waals surface area contributed by atoms with Crippen LogP contribution in [0.3, 0.4) is 0 Å². The summed E-state index contributed by atoms with van der Waals surface area (Å²) in [5.41, 5.74) is 4.82. The molecule has 3 aromatic carbocycles. The van der Waals surface area contributed by atoms with Gasteiger partial charge in [0.1, 0.15) is 5.52 Å². The number of fused-ring (bicyclic) bond motifs is 1. The van der Waals surface area contributed by atoms with Crippen LogP contribution in [0, 0.1) is 6.92 Å². The summed E-state index contributed by atoms with van der Waals surface area (Å²) in [5, 5.41) is 2.91. The van der Waals surface area contributed by atoms with Crippen LogP contribution in [-0.4, -0.2) is 10.9 Å². The zero-order valence-electron chi connectivity index (χ0n) is 13.7. The molecule has 4 aromatic rings. The quantitative estimate of drug-likeness (QED) is 0.572. The maximum absolute atomic E-state index is 12.3. The molecule has 0 fully saturated rings. The Morgan fingerprint density at radius 1 is 0.960 bits per heavy atom. The van der Waals surface area contributed by atoms with E-state index in [4.69, 9.17) is 4.42 Å². The van der Waals surface area contributed by atoms with Gasteiger partial charge in [0.05, 0.1) is 0 Å². The first-order valence-electron chi connectivity index (χ1n) is 8.04. The van der Waals surface area contributed by atoms with Gasteiger partial charge in [-0.3, -0.25) is 4.79 Å². The van der Waals surface area contributed by atoms with Crippen LogP contribution in [0.2, 0.25) is 0 Å². The number of oxazole rings is 1. The Kier molecular flexibility index (Phi) is 3.78. The first-order valence-corrected chi connectivity index (χ1v) is 8.04. The summed E-state index contributed by atoms with van der Waals surface area (Å²) in [6, 6.07) is 22.5. The van der Waals surface area contributed by atoms with E-state index in [0.29, 0.717) is 17.1 Å². The van der Waals surface area contributed by atoms with E-state index in [1.165, 1.54) is 0 Å². The topological polar surface area (TPSA) is 55.1 Å². The number of anilines is 1. The standard InChI is InChI=1S/C21H16N2O2/c1-14-7-5-12-18-19(14)23-21(25-18)16-10-6-11-17(13-16)22-20(24)15-8-3-2-4-9-15/h2-13H,1H3,(H,22,24). The maximum atomic E-state index is 12.3. The summed E-state index contributed by atoms with van der Waals surface area (Å²) in [4.78, 5) is 16.9. The van der Waals surface area contributed by atoms with Crippen LogP contribution in [0.1, 0.15) is 15.9 Å². The summed E-state index contributed by atoms with van der Waals surface area (Å²) < 4.78 is 5.86. The van der Waals surface area contributed by atoms with Gasteiger partial charge in [-0.25, -0.2) is 4.98 Å². The highest BCUT2D eigenvalue weighted by molar-refractivity contribution is 6.04. The van der Waals surface area contributed by atoms with Gasteiger partial charge < -0.3 is 9.73 Å². The fourth-order valence-electron chi connectivity index (χ4n) is 2.73. The smallest absolute Gasteiger partial charge is 0.255 e. The zero-order valence-corrected chi connectivity index (χ0v) is 13.7. The minimum Gasteiger partial charge on any atom is -0.436 e. The van der Waals surface area contributed by atoms with Gasteiger partial charge >= 0.3 is 0 Å². The van der Waals surface area contributed by atoms with Crippen LogP contribution in [0.25, 0.3) is 22.6 Å². The molecule has 0 bridgehead atoms. The number of carbonyl (C=O) groups is 1. The average molecular weight is 328 g/mol. The number of aryl methyl sites for hydroxylation is 1. The van der Waals surface area contributed by atoms with Gasteiger partial charge in [0.15, 0.2) is 5.58 Å². The Balaban J connectivity index is 1.64. The molecule has 25 heavy (non-hydrogen) atoms. The van der Waals surface area contributed by atoms with Crippen LogP contribution in [0.4, 0.5) is 5.69 Å². The van der Waals surface area contributed by atoms with E-state index in [2.05, 4.69) is 10.3 Å². The molecule has 0 spiro atoms. The fourth-order valence-corrected chi connectivity index (χ4v) is 2.73. The molecule has 1 N–H and O–H groups in total. The Hall–Kier alpha value is -3.40. The molecule has 122 valence electrons. The van der Waals surface area contributed by atoms with Gasteiger partial charge in [-0.05, 0) is 48.9 Å². The van der Waals surface area contributed by atoms with Crippen molar-refractivity contribution in [2.45, 2.75) is 6.92 Å². The highest BCUT2D eigenvalue weighted by Gasteiger charge is 2.11. The lowest BCUT2D eigenvalue weighted by molar-refractivity contribution is 0.102. The van der Waals surface area contributed by atoms with Crippen molar-refractivity contribution >= 4 is 22.7 Å². The summed E-state index contributed by atoms with van der Waals surface area (Å²) >= 11 is 0. The van der Waals surface area contributed by atoms with Crippen LogP contribution in [0.5, 0.6) is 0 Å². The third-order valence-electron chi connectivity index (χ3n) is 4.02. The molecule has 0 unspecified atom stereocenters. The number of aromatic nitrogens is 1. The molecule has 1 amide bonds. The van der Waals surface area contributed by atoms with E-state index in [-0.39, 0.29) is 5.91 Å². The summed E-state index contributed by atoms with van der Waals surface area (Å²) in [6.45, 7) is 2.01. The van der Waals surface area contributed by atoms with Crippen LogP contribution < -0.4 is 5.32 Å². The van der Waals surface area contributed by atoms with E-state index in [9.17, 15) is 4.79 Å². The van der Waals surface area contributed by atoms with Crippen molar-refractivity contribution in [3.05, 3.63) is 83.9 Å². The minimum absolute atomic E-state index is 0.147. The van der Waals surface area contributed by atoms with Gasteiger partial charge in [-0.15, -0.1) is 0 Å². The third kappa shape index (κ3) is 3.02. The number of hydrogen-bond donors (Lipinski definition) is 1. The van der Waals surface area contributed by atoms with Crippen LogP contribution >= 0.6 is 0 Å². The van der Waals surface area contributed by atoms with Crippen molar-refractivity contribution in [3.63, 3.8) is 0 Å². The normalized spacial score (nSPS) is 10.8. The molecular formula is C21H16N2O2. The van der Waals surface area contributed by atoms with Crippen molar-refractivity contribution in [2.75, 3.05) is 5.32 Å². The molecule has 1 aromatic heterocycles. The molecule has 0 atom stereocenters. The van der Waals surface area contributed by atoms with E-state index in [1.807, 2.05) is 67.6 Å². The fraction of sp³-hybridized carbons (Fsp3) is 0.0476. The predicted octanol–water partition coefficient (Wildman–Crippen LogP) is 5.06. The first kappa shape index (κ1) is 15.1. The Morgan fingerprint density at radius 2 is 1.76 bits per heavy atom. The Bertz CT molecular complexity index is 1050. The second-order valence-electron chi connectivity index (χ2n) is 5.84. The van der Waals surface area contributed by atoms with E-state index < -0.39 is 0 Å². The molecular weight excluding hydrogens is 312 g/mol.